The number of carbonyl (C=O) groups is 1. The second-order valence-corrected chi connectivity index (χ2v) is 8.05. The molecule has 1 unspecified atom stereocenters. The van der Waals surface area contributed by atoms with Crippen LogP contribution in [0.15, 0.2) is 48.7 Å². The molecule has 1 aromatic heterocycles. The lowest BCUT2D eigenvalue weighted by Gasteiger charge is -2.21. The highest BCUT2D eigenvalue weighted by atomic mass is 16.5. The molecule has 3 aromatic rings. The Balaban J connectivity index is 1.59. The molecule has 4 rings (SSSR count). The summed E-state index contributed by atoms with van der Waals surface area (Å²) in [5.74, 6) is 1.36. The monoisotopic (exact) mass is 421 g/mol. The first-order valence-corrected chi connectivity index (χ1v) is 11.0. The molecule has 6 heteroatoms. The molecule has 0 spiro atoms. The Kier molecular flexibility index (Phi) is 6.77. The van der Waals surface area contributed by atoms with Gasteiger partial charge in [0.1, 0.15) is 11.5 Å². The number of nitrogens with one attached hydrogen (secondary N) is 2. The van der Waals surface area contributed by atoms with Crippen molar-refractivity contribution in [1.82, 2.24) is 15.2 Å². The summed E-state index contributed by atoms with van der Waals surface area (Å²) in [7, 11) is 3.29. The molecule has 0 saturated carbocycles. The number of likely N-dealkylation sites (tertiary alicyclic amines) is 1. The molecule has 1 aliphatic heterocycles. The number of para-hydroxylation sites is 1. The number of ether oxygens (including phenoxy) is 2. The molecule has 2 heterocycles. The lowest BCUT2D eigenvalue weighted by atomic mass is 9.87. The predicted octanol–water partition coefficient (Wildman–Crippen LogP) is 3.92. The Morgan fingerprint density at radius 1 is 1.10 bits per heavy atom. The van der Waals surface area contributed by atoms with Crippen molar-refractivity contribution in [2.75, 3.05) is 40.4 Å². The highest BCUT2D eigenvalue weighted by Gasteiger charge is 2.25. The molecule has 1 aliphatic rings. The summed E-state index contributed by atoms with van der Waals surface area (Å²) in [5, 5.41) is 4.24. The van der Waals surface area contributed by atoms with Crippen LogP contribution >= 0.6 is 0 Å². The van der Waals surface area contributed by atoms with Crippen LogP contribution in [0, 0.1) is 0 Å². The number of amides is 1. The SMILES string of the molecule is COc1ccc(C(CC(=O)NCCN2CCCC2)c2c[nH]c3ccccc23)c(OC)c1. The first kappa shape index (κ1) is 21.2. The van der Waals surface area contributed by atoms with Crippen LogP contribution in [0.3, 0.4) is 0 Å². The smallest absolute Gasteiger partial charge is 0.220 e. The number of methoxy groups -OCH3 is 2. The van der Waals surface area contributed by atoms with Crippen LogP contribution < -0.4 is 14.8 Å². The van der Waals surface area contributed by atoms with E-state index in [-0.39, 0.29) is 11.8 Å². The normalized spacial score (nSPS) is 15.2. The Morgan fingerprint density at radius 3 is 2.68 bits per heavy atom. The summed E-state index contributed by atoms with van der Waals surface area (Å²) in [6.45, 7) is 3.86. The summed E-state index contributed by atoms with van der Waals surface area (Å²) < 4.78 is 11.0. The van der Waals surface area contributed by atoms with E-state index in [1.54, 1.807) is 14.2 Å². The van der Waals surface area contributed by atoms with Crippen LogP contribution in [0.5, 0.6) is 11.5 Å². The zero-order valence-corrected chi connectivity index (χ0v) is 18.3. The van der Waals surface area contributed by atoms with Gasteiger partial charge < -0.3 is 24.7 Å². The first-order valence-electron chi connectivity index (χ1n) is 11.0. The summed E-state index contributed by atoms with van der Waals surface area (Å²) in [6.07, 6.45) is 4.88. The van der Waals surface area contributed by atoms with Crippen molar-refractivity contribution in [2.45, 2.75) is 25.2 Å². The summed E-state index contributed by atoms with van der Waals surface area (Å²) in [4.78, 5) is 18.7. The van der Waals surface area contributed by atoms with Gasteiger partial charge in [0, 0.05) is 54.2 Å². The average molecular weight is 422 g/mol. The minimum atomic E-state index is -0.135. The van der Waals surface area contributed by atoms with E-state index in [1.807, 2.05) is 36.5 Å². The van der Waals surface area contributed by atoms with Crippen LogP contribution in [0.2, 0.25) is 0 Å². The van der Waals surface area contributed by atoms with E-state index < -0.39 is 0 Å². The second-order valence-electron chi connectivity index (χ2n) is 8.05. The second kappa shape index (κ2) is 9.88. The van der Waals surface area contributed by atoms with E-state index in [4.69, 9.17) is 9.47 Å². The fourth-order valence-corrected chi connectivity index (χ4v) is 4.49. The number of benzene rings is 2. The molecule has 2 N–H and O–H groups in total. The van der Waals surface area contributed by atoms with E-state index in [1.165, 1.54) is 12.8 Å². The van der Waals surface area contributed by atoms with E-state index in [0.29, 0.717) is 13.0 Å². The molecule has 0 radical (unpaired) electrons. The fraction of sp³-hybridized carbons (Fsp3) is 0.400. The maximum atomic E-state index is 12.9. The lowest BCUT2D eigenvalue weighted by molar-refractivity contribution is -0.121. The fourth-order valence-electron chi connectivity index (χ4n) is 4.49. The molecular weight excluding hydrogens is 390 g/mol. The summed E-state index contributed by atoms with van der Waals surface area (Å²) in [6, 6.07) is 14.0. The van der Waals surface area contributed by atoms with Crippen molar-refractivity contribution in [3.8, 4) is 11.5 Å². The van der Waals surface area contributed by atoms with Gasteiger partial charge in [-0.25, -0.2) is 0 Å². The van der Waals surface area contributed by atoms with Gasteiger partial charge in [0.05, 0.1) is 14.2 Å². The van der Waals surface area contributed by atoms with Gasteiger partial charge in [-0.3, -0.25) is 4.79 Å². The molecule has 2 aromatic carbocycles. The van der Waals surface area contributed by atoms with Crippen molar-refractivity contribution in [1.29, 1.82) is 0 Å². The minimum absolute atomic E-state index is 0.0485. The zero-order valence-electron chi connectivity index (χ0n) is 18.3. The van der Waals surface area contributed by atoms with Gasteiger partial charge in [0.2, 0.25) is 5.91 Å². The summed E-state index contributed by atoms with van der Waals surface area (Å²) in [5.41, 5.74) is 3.13. The third-order valence-corrected chi connectivity index (χ3v) is 6.15. The van der Waals surface area contributed by atoms with Gasteiger partial charge in [-0.05, 0) is 43.6 Å². The molecule has 1 atom stereocenters. The van der Waals surface area contributed by atoms with Crippen molar-refractivity contribution in [3.63, 3.8) is 0 Å². The topological polar surface area (TPSA) is 66.6 Å². The zero-order chi connectivity index (χ0) is 21.6. The average Bonchev–Trinajstić information content (AvgIpc) is 3.47. The number of carbonyl (C=O) groups excluding carboxylic acids is 1. The molecule has 31 heavy (non-hydrogen) atoms. The Labute approximate surface area is 183 Å². The maximum Gasteiger partial charge on any atom is 0.220 e. The number of H-pyrrole nitrogens is 1. The van der Waals surface area contributed by atoms with Gasteiger partial charge in [-0.2, -0.15) is 0 Å². The standard InChI is InChI=1S/C25H31N3O3/c1-30-18-9-10-20(24(15-18)31-2)21(22-17-27-23-8-4-3-7-19(22)23)16-25(29)26-11-14-28-12-5-6-13-28/h3-4,7-10,15,17,21,27H,5-6,11-14,16H2,1-2H3,(H,26,29). The Morgan fingerprint density at radius 2 is 1.90 bits per heavy atom. The molecule has 1 saturated heterocycles. The van der Waals surface area contributed by atoms with E-state index in [9.17, 15) is 4.79 Å². The highest BCUT2D eigenvalue weighted by molar-refractivity contribution is 5.86. The van der Waals surface area contributed by atoms with Crippen LogP contribution in [-0.2, 0) is 4.79 Å². The van der Waals surface area contributed by atoms with Crippen molar-refractivity contribution in [2.24, 2.45) is 0 Å². The summed E-state index contributed by atoms with van der Waals surface area (Å²) >= 11 is 0. The number of fused-ring (bicyclic) bond motifs is 1. The van der Waals surface area contributed by atoms with Crippen molar-refractivity contribution in [3.05, 3.63) is 59.8 Å². The van der Waals surface area contributed by atoms with Crippen LogP contribution in [-0.4, -0.2) is 56.2 Å². The molecule has 0 aliphatic carbocycles. The van der Waals surface area contributed by atoms with Gasteiger partial charge in [0.25, 0.3) is 0 Å². The minimum Gasteiger partial charge on any atom is -0.497 e. The number of hydrogen-bond donors (Lipinski definition) is 2. The lowest BCUT2D eigenvalue weighted by Crippen LogP contribution is -2.34. The molecule has 6 nitrogen and oxygen atoms in total. The number of hydrogen-bond acceptors (Lipinski definition) is 4. The largest absolute Gasteiger partial charge is 0.497 e. The van der Waals surface area contributed by atoms with E-state index in [2.05, 4.69) is 27.3 Å². The van der Waals surface area contributed by atoms with Crippen LogP contribution in [0.1, 0.15) is 36.3 Å². The highest BCUT2D eigenvalue weighted by Crippen LogP contribution is 2.39. The molecule has 0 bridgehead atoms. The number of aromatic amines is 1. The number of rotatable bonds is 9. The van der Waals surface area contributed by atoms with Crippen molar-refractivity contribution < 1.29 is 14.3 Å². The van der Waals surface area contributed by atoms with Gasteiger partial charge >= 0.3 is 0 Å². The molecular formula is C25H31N3O3. The molecule has 1 fully saturated rings. The van der Waals surface area contributed by atoms with E-state index in [0.717, 1.165) is 53.2 Å². The predicted molar refractivity (Wildman–Crippen MR) is 123 cm³/mol. The Bertz CT molecular complexity index is 1020. The van der Waals surface area contributed by atoms with Gasteiger partial charge in [-0.15, -0.1) is 0 Å². The van der Waals surface area contributed by atoms with Crippen LogP contribution in [0.4, 0.5) is 0 Å². The number of nitrogens with zero attached hydrogens (tertiary/aromatic N) is 1. The molecule has 1 amide bonds. The van der Waals surface area contributed by atoms with Gasteiger partial charge in [-0.1, -0.05) is 24.3 Å². The maximum absolute atomic E-state index is 12.9. The number of aromatic nitrogens is 1. The molecule has 164 valence electrons. The van der Waals surface area contributed by atoms with E-state index >= 15 is 0 Å². The first-order chi connectivity index (χ1) is 15.2. The van der Waals surface area contributed by atoms with Crippen molar-refractivity contribution >= 4 is 16.8 Å². The van der Waals surface area contributed by atoms with Crippen LogP contribution in [0.25, 0.3) is 10.9 Å². The third kappa shape index (κ3) is 4.85. The van der Waals surface area contributed by atoms with Gasteiger partial charge in [0.15, 0.2) is 0 Å². The quantitative estimate of drug-likeness (QED) is 0.550. The third-order valence-electron chi connectivity index (χ3n) is 6.15. The Hall–Kier alpha value is -2.99.